The molecule has 0 aliphatic carbocycles. The smallest absolute Gasteiger partial charge is 0.142 e. The predicted octanol–water partition coefficient (Wildman–Crippen LogP) is 1.45. The predicted molar refractivity (Wildman–Crippen MR) is 45.9 cm³/mol. The Morgan fingerprint density at radius 2 is 2.33 bits per heavy atom. The second kappa shape index (κ2) is 2.42. The summed E-state index contributed by atoms with van der Waals surface area (Å²) in [5, 5.41) is 9.93. The van der Waals surface area contributed by atoms with E-state index in [4.69, 9.17) is 0 Å². The van der Waals surface area contributed by atoms with Crippen molar-refractivity contribution in [2.45, 2.75) is 11.9 Å². The van der Waals surface area contributed by atoms with E-state index in [1.54, 1.807) is 25.3 Å². The molecule has 12 heavy (non-hydrogen) atoms. The van der Waals surface area contributed by atoms with Gasteiger partial charge in [0.05, 0.1) is 10.5 Å². The van der Waals surface area contributed by atoms with Crippen LogP contribution in [-0.4, -0.2) is 14.3 Å². The number of allylic oxidation sites excluding steroid dienone is 1. The van der Waals surface area contributed by atoms with Crippen LogP contribution < -0.4 is 0 Å². The van der Waals surface area contributed by atoms with Crippen molar-refractivity contribution in [2.75, 3.05) is 0 Å². The molecule has 0 saturated heterocycles. The summed E-state index contributed by atoms with van der Waals surface area (Å²) < 4.78 is 11.4. The molecule has 1 aliphatic heterocycles. The molecule has 1 N–H and O–H groups in total. The van der Waals surface area contributed by atoms with Crippen LogP contribution in [0.4, 0.5) is 0 Å². The standard InChI is InChI=1S/C8H7NO2S/c1-5-7(10)6-3-2-4-9-8(6)12(5)11/h2-4,10H,1H3. The van der Waals surface area contributed by atoms with Gasteiger partial charge in [0, 0.05) is 6.20 Å². The van der Waals surface area contributed by atoms with Gasteiger partial charge in [-0.2, -0.15) is 0 Å². The molecule has 1 aliphatic rings. The lowest BCUT2D eigenvalue weighted by atomic mass is 10.2. The molecule has 4 heteroatoms. The molecule has 2 heterocycles. The Hall–Kier alpha value is -1.16. The van der Waals surface area contributed by atoms with Crippen molar-refractivity contribution in [3.63, 3.8) is 0 Å². The monoisotopic (exact) mass is 181 g/mol. The molecule has 1 aromatic heterocycles. The maximum atomic E-state index is 11.4. The Kier molecular flexibility index (Phi) is 1.51. The highest BCUT2D eigenvalue weighted by Crippen LogP contribution is 2.32. The second-order valence-corrected chi connectivity index (χ2v) is 4.07. The van der Waals surface area contributed by atoms with Crippen molar-refractivity contribution >= 4 is 16.6 Å². The molecular formula is C8H7NO2S. The molecule has 0 radical (unpaired) electrons. The quantitative estimate of drug-likeness (QED) is 0.659. The van der Waals surface area contributed by atoms with E-state index in [-0.39, 0.29) is 5.76 Å². The molecule has 1 aromatic rings. The number of hydrogen-bond donors (Lipinski definition) is 1. The minimum absolute atomic E-state index is 0.108. The molecule has 3 nitrogen and oxygen atoms in total. The maximum absolute atomic E-state index is 11.4. The van der Waals surface area contributed by atoms with E-state index in [2.05, 4.69) is 4.98 Å². The van der Waals surface area contributed by atoms with Gasteiger partial charge in [-0.1, -0.05) is 0 Å². The van der Waals surface area contributed by atoms with Gasteiger partial charge in [-0.05, 0) is 19.1 Å². The van der Waals surface area contributed by atoms with Crippen molar-refractivity contribution in [1.29, 1.82) is 0 Å². The second-order valence-electron chi connectivity index (χ2n) is 2.53. The van der Waals surface area contributed by atoms with Crippen molar-refractivity contribution in [1.82, 2.24) is 4.98 Å². The van der Waals surface area contributed by atoms with Crippen LogP contribution in [0.15, 0.2) is 28.3 Å². The lowest BCUT2D eigenvalue weighted by Crippen LogP contribution is -1.90. The third kappa shape index (κ3) is 0.814. The highest BCUT2D eigenvalue weighted by molar-refractivity contribution is 7.89. The van der Waals surface area contributed by atoms with Gasteiger partial charge in [-0.25, -0.2) is 9.19 Å². The normalized spacial score (nSPS) is 21.2. The number of pyridine rings is 1. The van der Waals surface area contributed by atoms with E-state index >= 15 is 0 Å². The highest BCUT2D eigenvalue weighted by atomic mass is 32.2. The first-order valence-corrected chi connectivity index (χ1v) is 4.64. The van der Waals surface area contributed by atoms with Crippen molar-refractivity contribution < 1.29 is 9.32 Å². The van der Waals surface area contributed by atoms with E-state index < -0.39 is 10.8 Å². The lowest BCUT2D eigenvalue weighted by molar-refractivity contribution is 0.508. The molecule has 0 spiro atoms. The Morgan fingerprint density at radius 1 is 1.58 bits per heavy atom. The average molecular weight is 181 g/mol. The molecule has 62 valence electrons. The Bertz CT molecular complexity index is 398. The summed E-state index contributed by atoms with van der Waals surface area (Å²) in [6.07, 6.45) is 1.57. The summed E-state index contributed by atoms with van der Waals surface area (Å²) in [6, 6.07) is 3.43. The average Bonchev–Trinajstić information content (AvgIpc) is 2.33. The first-order valence-electron chi connectivity index (χ1n) is 3.49. The third-order valence-electron chi connectivity index (χ3n) is 1.81. The Morgan fingerprint density at radius 3 is 3.00 bits per heavy atom. The summed E-state index contributed by atoms with van der Waals surface area (Å²) >= 11 is 0. The molecule has 0 amide bonds. The highest BCUT2D eigenvalue weighted by Gasteiger charge is 2.26. The van der Waals surface area contributed by atoms with E-state index in [1.807, 2.05) is 0 Å². The zero-order chi connectivity index (χ0) is 8.72. The lowest BCUT2D eigenvalue weighted by Gasteiger charge is -1.94. The first kappa shape index (κ1) is 7.49. The van der Waals surface area contributed by atoms with Gasteiger partial charge < -0.3 is 5.11 Å². The molecule has 0 saturated carbocycles. The van der Waals surface area contributed by atoms with Gasteiger partial charge in [-0.3, -0.25) is 0 Å². The molecule has 2 rings (SSSR count). The molecule has 1 atom stereocenters. The fourth-order valence-corrected chi connectivity index (χ4v) is 2.24. The van der Waals surface area contributed by atoms with Crippen LogP contribution >= 0.6 is 0 Å². The summed E-state index contributed by atoms with van der Waals surface area (Å²) in [5.74, 6) is 0.108. The van der Waals surface area contributed by atoms with Crippen LogP contribution in [0.5, 0.6) is 0 Å². The van der Waals surface area contributed by atoms with Crippen LogP contribution in [0.2, 0.25) is 0 Å². The third-order valence-corrected chi connectivity index (χ3v) is 3.24. The number of nitrogens with zero attached hydrogens (tertiary/aromatic N) is 1. The molecule has 0 fully saturated rings. The van der Waals surface area contributed by atoms with Gasteiger partial charge in [0.15, 0.2) is 0 Å². The largest absolute Gasteiger partial charge is 0.506 e. The van der Waals surface area contributed by atoms with Crippen molar-refractivity contribution in [3.05, 3.63) is 28.8 Å². The van der Waals surface area contributed by atoms with E-state index in [0.717, 1.165) is 0 Å². The minimum atomic E-state index is -1.25. The fraction of sp³-hybridized carbons (Fsp3) is 0.125. The first-order chi connectivity index (χ1) is 5.72. The summed E-state index contributed by atoms with van der Waals surface area (Å²) in [7, 11) is -1.25. The zero-order valence-corrected chi connectivity index (χ0v) is 7.26. The van der Waals surface area contributed by atoms with Gasteiger partial charge >= 0.3 is 0 Å². The number of aliphatic hydroxyl groups excluding tert-OH is 1. The topological polar surface area (TPSA) is 50.2 Å². The SMILES string of the molecule is CC1=C(O)c2cccnc2S1=O. The number of hydrogen-bond acceptors (Lipinski definition) is 3. The van der Waals surface area contributed by atoms with Crippen LogP contribution in [0.25, 0.3) is 5.76 Å². The van der Waals surface area contributed by atoms with Gasteiger partial charge in [0.25, 0.3) is 0 Å². The van der Waals surface area contributed by atoms with Crippen molar-refractivity contribution in [3.8, 4) is 0 Å². The van der Waals surface area contributed by atoms with Crippen molar-refractivity contribution in [2.24, 2.45) is 0 Å². The van der Waals surface area contributed by atoms with Crippen LogP contribution in [0.3, 0.4) is 0 Å². The molecular weight excluding hydrogens is 174 g/mol. The maximum Gasteiger partial charge on any atom is 0.142 e. The number of aliphatic hydroxyl groups is 1. The number of aromatic nitrogens is 1. The summed E-state index contributed by atoms with van der Waals surface area (Å²) in [6.45, 7) is 1.65. The van der Waals surface area contributed by atoms with Crippen LogP contribution in [-0.2, 0) is 10.8 Å². The van der Waals surface area contributed by atoms with Crippen LogP contribution in [0, 0.1) is 0 Å². The van der Waals surface area contributed by atoms with E-state index in [1.165, 1.54) is 0 Å². The van der Waals surface area contributed by atoms with Gasteiger partial charge in [0.1, 0.15) is 21.6 Å². The van der Waals surface area contributed by atoms with Gasteiger partial charge in [-0.15, -0.1) is 0 Å². The molecule has 1 unspecified atom stereocenters. The Labute approximate surface area is 72.2 Å². The summed E-state index contributed by atoms with van der Waals surface area (Å²) in [5.41, 5.74) is 0.591. The van der Waals surface area contributed by atoms with E-state index in [9.17, 15) is 9.32 Å². The Balaban J connectivity index is 2.73. The molecule has 0 bridgehead atoms. The summed E-state index contributed by atoms with van der Waals surface area (Å²) in [4.78, 5) is 4.43. The minimum Gasteiger partial charge on any atom is -0.506 e. The van der Waals surface area contributed by atoms with Crippen LogP contribution in [0.1, 0.15) is 12.5 Å². The fourth-order valence-electron chi connectivity index (χ4n) is 1.14. The molecule has 0 aromatic carbocycles. The van der Waals surface area contributed by atoms with E-state index in [0.29, 0.717) is 15.5 Å². The number of rotatable bonds is 0. The van der Waals surface area contributed by atoms with Gasteiger partial charge in [0.2, 0.25) is 0 Å². The zero-order valence-electron chi connectivity index (χ0n) is 6.44. The number of fused-ring (bicyclic) bond motifs is 1.